The minimum absolute atomic E-state index is 0.0815. The van der Waals surface area contributed by atoms with Gasteiger partial charge in [0.05, 0.1) is 5.56 Å². The Morgan fingerprint density at radius 3 is 1.77 bits per heavy atom. The first kappa shape index (κ1) is 39.5. The van der Waals surface area contributed by atoms with Gasteiger partial charge in [-0.3, -0.25) is 38.4 Å². The van der Waals surface area contributed by atoms with Crippen LogP contribution in [0, 0.1) is 0 Å². The van der Waals surface area contributed by atoms with Gasteiger partial charge in [-0.1, -0.05) is 6.07 Å². The summed E-state index contributed by atoms with van der Waals surface area (Å²) < 4.78 is 54.7. The summed E-state index contributed by atoms with van der Waals surface area (Å²) in [5, 5.41) is -0.232. The third-order valence-electron chi connectivity index (χ3n) is 7.03. The van der Waals surface area contributed by atoms with Crippen molar-refractivity contribution in [3.8, 4) is 34.1 Å². The number of esters is 7. The second-order valence-electron chi connectivity index (χ2n) is 11.4. The van der Waals surface area contributed by atoms with Gasteiger partial charge in [-0.25, -0.2) is 0 Å². The number of hydrogen-bond donors (Lipinski definition) is 0. The van der Waals surface area contributed by atoms with Gasteiger partial charge in [0.15, 0.2) is 23.7 Å². The lowest BCUT2D eigenvalue weighted by atomic mass is 9.98. The lowest BCUT2D eigenvalue weighted by Gasteiger charge is -2.43. The molecule has 2 heterocycles. The maximum absolute atomic E-state index is 13.9. The van der Waals surface area contributed by atoms with Crippen molar-refractivity contribution in [3.05, 3.63) is 46.8 Å². The second kappa shape index (κ2) is 16.8. The van der Waals surface area contributed by atoms with E-state index >= 15 is 0 Å². The van der Waals surface area contributed by atoms with Crippen LogP contribution in [0.4, 0.5) is 0 Å². The molecule has 18 heteroatoms. The fourth-order valence-corrected chi connectivity index (χ4v) is 5.26. The molecule has 1 aliphatic heterocycles. The van der Waals surface area contributed by atoms with Gasteiger partial charge in [0, 0.05) is 60.6 Å². The summed E-state index contributed by atoms with van der Waals surface area (Å²) in [6.45, 7) is 7.11. The van der Waals surface area contributed by atoms with Crippen LogP contribution in [0.3, 0.4) is 0 Å². The SMILES string of the molecule is CC(=O)OC[C@@H]1O[C@@H](Oc2cc(OC(C)=O)c3c(=O)c(-c4ccc(OC(C)=O)c(OC(C)=O)c4)coc3c2)[C@@H](OC(C)=O)[C@@H](OC(C)=O)[C@H]1OC(C)=O. The molecule has 1 aromatic heterocycles. The first-order chi connectivity index (χ1) is 24.9. The molecule has 0 unspecified atom stereocenters. The molecule has 3 aromatic rings. The maximum Gasteiger partial charge on any atom is 0.308 e. The van der Waals surface area contributed by atoms with Gasteiger partial charge < -0.3 is 47.0 Å². The second-order valence-corrected chi connectivity index (χ2v) is 11.4. The van der Waals surface area contributed by atoms with Gasteiger partial charge >= 0.3 is 41.8 Å². The van der Waals surface area contributed by atoms with Crippen LogP contribution in [0.15, 0.2) is 45.8 Å². The third kappa shape index (κ3) is 10.2. The average molecular weight is 743 g/mol. The molecule has 0 aliphatic carbocycles. The van der Waals surface area contributed by atoms with Crippen molar-refractivity contribution in [2.75, 3.05) is 6.61 Å². The van der Waals surface area contributed by atoms with Gasteiger partial charge in [0.2, 0.25) is 17.8 Å². The van der Waals surface area contributed by atoms with Gasteiger partial charge in [-0.05, 0) is 17.7 Å². The quantitative estimate of drug-likeness (QED) is 0.156. The normalized spacial score (nSPS) is 19.3. The summed E-state index contributed by atoms with van der Waals surface area (Å²) in [6, 6.07) is 6.32. The molecule has 5 atom stereocenters. The predicted molar refractivity (Wildman–Crippen MR) is 174 cm³/mol. The lowest BCUT2D eigenvalue weighted by Crippen LogP contribution is -2.63. The summed E-state index contributed by atoms with van der Waals surface area (Å²) in [4.78, 5) is 97.6. The highest BCUT2D eigenvalue weighted by molar-refractivity contribution is 5.90. The van der Waals surface area contributed by atoms with Crippen LogP contribution < -0.4 is 24.4 Å². The highest BCUT2D eigenvalue weighted by Gasteiger charge is 2.53. The number of fused-ring (bicyclic) bond motifs is 1. The van der Waals surface area contributed by atoms with Gasteiger partial charge in [-0.2, -0.15) is 0 Å². The molecule has 2 aromatic carbocycles. The van der Waals surface area contributed by atoms with Crippen LogP contribution in [0.1, 0.15) is 48.5 Å². The molecule has 1 aliphatic rings. The number of carbonyl (C=O) groups is 7. The Labute approximate surface area is 300 Å². The summed E-state index contributed by atoms with van der Waals surface area (Å²) in [6.07, 6.45) is -6.52. The molecule has 1 fully saturated rings. The lowest BCUT2D eigenvalue weighted by molar-refractivity contribution is -0.288. The molecule has 0 amide bonds. The minimum Gasteiger partial charge on any atom is -0.463 e. The molecule has 0 spiro atoms. The van der Waals surface area contributed by atoms with E-state index in [0.717, 1.165) is 60.8 Å². The molecule has 0 N–H and O–H groups in total. The monoisotopic (exact) mass is 742 g/mol. The van der Waals surface area contributed by atoms with Crippen molar-refractivity contribution < 1.29 is 80.6 Å². The molecule has 0 radical (unpaired) electrons. The Kier molecular flexibility index (Phi) is 12.5. The van der Waals surface area contributed by atoms with E-state index in [1.54, 1.807) is 0 Å². The van der Waals surface area contributed by atoms with E-state index in [1.807, 2.05) is 0 Å². The van der Waals surface area contributed by atoms with Gasteiger partial charge in [-0.15, -0.1) is 0 Å². The molecular weight excluding hydrogens is 708 g/mol. The van der Waals surface area contributed by atoms with Gasteiger partial charge in [0.25, 0.3) is 0 Å². The first-order valence-corrected chi connectivity index (χ1v) is 15.7. The Morgan fingerprint density at radius 1 is 0.623 bits per heavy atom. The van der Waals surface area contributed by atoms with Crippen LogP contribution in [-0.2, 0) is 57.2 Å². The van der Waals surface area contributed by atoms with E-state index in [-0.39, 0.29) is 45.1 Å². The van der Waals surface area contributed by atoms with E-state index in [0.29, 0.717) is 0 Å². The molecule has 53 heavy (non-hydrogen) atoms. The molecule has 18 nitrogen and oxygen atoms in total. The summed E-state index contributed by atoms with van der Waals surface area (Å²) >= 11 is 0. The molecule has 282 valence electrons. The number of carbonyl (C=O) groups excluding carboxylic acids is 7. The molecular formula is C35H34O18. The molecule has 0 saturated carbocycles. The summed E-state index contributed by atoms with van der Waals surface area (Å²) in [5.41, 5.74) is -0.799. The van der Waals surface area contributed by atoms with Crippen molar-refractivity contribution >= 4 is 52.8 Å². The van der Waals surface area contributed by atoms with Crippen molar-refractivity contribution in [1.82, 2.24) is 0 Å². The molecule has 0 bridgehead atoms. The van der Waals surface area contributed by atoms with Crippen LogP contribution in [0.25, 0.3) is 22.1 Å². The van der Waals surface area contributed by atoms with Crippen LogP contribution in [0.2, 0.25) is 0 Å². The predicted octanol–water partition coefficient (Wildman–Crippen LogP) is 2.70. The van der Waals surface area contributed by atoms with Crippen molar-refractivity contribution in [1.29, 1.82) is 0 Å². The topological polar surface area (TPSA) is 233 Å². The minimum atomic E-state index is -1.67. The zero-order chi connectivity index (χ0) is 39.1. The summed E-state index contributed by atoms with van der Waals surface area (Å²) in [7, 11) is 0. The van der Waals surface area contributed by atoms with Gasteiger partial charge in [0.1, 0.15) is 41.4 Å². The highest BCUT2D eigenvalue weighted by Crippen LogP contribution is 2.37. The zero-order valence-corrected chi connectivity index (χ0v) is 29.4. The van der Waals surface area contributed by atoms with Crippen LogP contribution in [0.5, 0.6) is 23.0 Å². The van der Waals surface area contributed by atoms with Crippen LogP contribution >= 0.6 is 0 Å². The van der Waals surface area contributed by atoms with E-state index in [2.05, 4.69) is 0 Å². The van der Waals surface area contributed by atoms with Crippen LogP contribution in [-0.4, -0.2) is 79.1 Å². The summed E-state index contributed by atoms with van der Waals surface area (Å²) in [5.74, 6) is -6.35. The van der Waals surface area contributed by atoms with E-state index in [9.17, 15) is 38.4 Å². The Balaban J connectivity index is 1.83. The Morgan fingerprint density at radius 2 is 1.19 bits per heavy atom. The number of rotatable bonds is 11. The average Bonchev–Trinajstić information content (AvgIpc) is 3.02. The first-order valence-electron chi connectivity index (χ1n) is 15.7. The van der Waals surface area contributed by atoms with Crippen molar-refractivity contribution in [2.24, 2.45) is 0 Å². The third-order valence-corrected chi connectivity index (χ3v) is 7.03. The maximum atomic E-state index is 13.9. The standard InChI is InChI=1S/C35H34O18/c1-15(36)44-14-29-32(49-19(5)40)33(50-20(6)41)34(51-21(7)42)35(53-29)52-23-11-27-30(28(12-23)48-18(4)39)31(43)24(13-45-27)22-8-9-25(46-16(2)37)26(10-22)47-17(3)38/h8-13,29,32-35H,14H2,1-7H3/t29-,32-,33-,34-,35+/m0/s1. The van der Waals surface area contributed by atoms with E-state index in [4.69, 9.17) is 47.0 Å². The number of ether oxygens (including phenoxy) is 9. The van der Waals surface area contributed by atoms with E-state index in [1.165, 1.54) is 24.3 Å². The van der Waals surface area contributed by atoms with E-state index < -0.39 is 84.5 Å². The molecule has 1 saturated heterocycles. The fraction of sp³-hybridized carbons (Fsp3) is 0.371. The largest absolute Gasteiger partial charge is 0.463 e. The Hall–Kier alpha value is -6.30. The zero-order valence-electron chi connectivity index (χ0n) is 29.4. The van der Waals surface area contributed by atoms with Crippen molar-refractivity contribution in [3.63, 3.8) is 0 Å². The number of hydrogen-bond acceptors (Lipinski definition) is 18. The molecule has 4 rings (SSSR count). The number of benzene rings is 2. The fourth-order valence-electron chi connectivity index (χ4n) is 5.26. The highest BCUT2D eigenvalue weighted by atomic mass is 16.7. The van der Waals surface area contributed by atoms with Crippen molar-refractivity contribution in [2.45, 2.75) is 79.2 Å². The Bertz CT molecular complexity index is 2010. The smallest absolute Gasteiger partial charge is 0.308 e.